The number of nitrogens with one attached hydrogen (secondary N) is 1. The maximum Gasteiger partial charge on any atom is 0.315 e. The van der Waals surface area contributed by atoms with Crippen LogP contribution in [0.5, 0.6) is 0 Å². The number of aliphatic carboxylic acids is 1. The zero-order valence-electron chi connectivity index (χ0n) is 13.6. The molecular formula is C15H27N3O2S. The number of nitrogens with zero attached hydrogens (tertiary/aromatic N) is 2. The van der Waals surface area contributed by atoms with Gasteiger partial charge >= 0.3 is 5.97 Å². The molecule has 0 amide bonds. The lowest BCUT2D eigenvalue weighted by atomic mass is 9.90. The lowest BCUT2D eigenvalue weighted by Gasteiger charge is -2.20. The summed E-state index contributed by atoms with van der Waals surface area (Å²) in [5.41, 5.74) is -0.321. The van der Waals surface area contributed by atoms with Crippen LogP contribution in [0, 0.1) is 0 Å². The van der Waals surface area contributed by atoms with Crippen LogP contribution >= 0.6 is 11.3 Å². The number of hydrogen-bond donors (Lipinski definition) is 2. The average molecular weight is 313 g/mol. The van der Waals surface area contributed by atoms with Crippen LogP contribution in [0.4, 0.5) is 5.13 Å². The zero-order valence-corrected chi connectivity index (χ0v) is 14.5. The van der Waals surface area contributed by atoms with Crippen LogP contribution in [0.1, 0.15) is 46.2 Å². The Morgan fingerprint density at radius 2 is 2.14 bits per heavy atom. The number of anilines is 1. The van der Waals surface area contributed by atoms with Crippen molar-refractivity contribution in [1.82, 2.24) is 9.88 Å². The van der Waals surface area contributed by atoms with Gasteiger partial charge in [0.15, 0.2) is 5.13 Å². The average Bonchev–Trinajstić information content (AvgIpc) is 2.87. The summed E-state index contributed by atoms with van der Waals surface area (Å²) in [5, 5.41) is 15.1. The molecule has 1 heterocycles. The van der Waals surface area contributed by atoms with Gasteiger partial charge in [-0.2, -0.15) is 0 Å². The standard InChI is InChI=1S/C15H27N3O2S/c1-11(2)18(5)9-7-6-8-16-14-17-12(10-21-14)15(3,4)13(19)20/h10-11H,6-9H2,1-5H3,(H,16,17)(H,19,20). The number of thiazole rings is 1. The van der Waals surface area contributed by atoms with E-state index in [0.29, 0.717) is 11.7 Å². The van der Waals surface area contributed by atoms with Gasteiger partial charge in [0.1, 0.15) is 5.41 Å². The molecule has 0 spiro atoms. The van der Waals surface area contributed by atoms with Crippen LogP contribution in [0.15, 0.2) is 5.38 Å². The summed E-state index contributed by atoms with van der Waals surface area (Å²) in [4.78, 5) is 17.9. The normalized spacial score (nSPS) is 12.1. The summed E-state index contributed by atoms with van der Waals surface area (Å²) >= 11 is 1.47. The summed E-state index contributed by atoms with van der Waals surface area (Å²) in [6, 6.07) is 0.581. The first-order chi connectivity index (χ1) is 9.75. The molecule has 120 valence electrons. The van der Waals surface area contributed by atoms with Crippen LogP contribution in [-0.4, -0.2) is 47.1 Å². The Morgan fingerprint density at radius 3 is 2.71 bits per heavy atom. The van der Waals surface area contributed by atoms with Crippen molar-refractivity contribution in [3.05, 3.63) is 11.1 Å². The van der Waals surface area contributed by atoms with E-state index in [2.05, 4.69) is 36.1 Å². The molecule has 0 unspecified atom stereocenters. The van der Waals surface area contributed by atoms with E-state index in [-0.39, 0.29) is 0 Å². The quantitative estimate of drug-likeness (QED) is 0.686. The minimum Gasteiger partial charge on any atom is -0.481 e. The molecule has 0 aliphatic rings. The van der Waals surface area contributed by atoms with Crippen molar-refractivity contribution in [3.8, 4) is 0 Å². The lowest BCUT2D eigenvalue weighted by molar-refractivity contribution is -0.142. The summed E-state index contributed by atoms with van der Waals surface area (Å²) in [7, 11) is 2.14. The molecule has 0 aliphatic carbocycles. The fourth-order valence-electron chi connectivity index (χ4n) is 1.69. The van der Waals surface area contributed by atoms with Gasteiger partial charge in [0.25, 0.3) is 0 Å². The molecule has 1 aromatic rings. The van der Waals surface area contributed by atoms with Gasteiger partial charge in [0.05, 0.1) is 5.69 Å². The number of carboxylic acids is 1. The van der Waals surface area contributed by atoms with Gasteiger partial charge in [-0.15, -0.1) is 11.3 Å². The molecule has 1 rings (SSSR count). The molecule has 0 saturated carbocycles. The fourth-order valence-corrected chi connectivity index (χ4v) is 2.60. The van der Waals surface area contributed by atoms with Gasteiger partial charge in [-0.3, -0.25) is 4.79 Å². The van der Waals surface area contributed by atoms with E-state index in [4.69, 9.17) is 0 Å². The van der Waals surface area contributed by atoms with Gasteiger partial charge in [-0.05, 0) is 54.1 Å². The van der Waals surface area contributed by atoms with Gasteiger partial charge in [-0.25, -0.2) is 4.98 Å². The predicted molar refractivity (Wildman–Crippen MR) is 88.3 cm³/mol. The van der Waals surface area contributed by atoms with Gasteiger partial charge < -0.3 is 15.3 Å². The predicted octanol–water partition coefficient (Wildman–Crippen LogP) is 3.04. The SMILES string of the molecule is CC(C)N(C)CCCCNc1nc(C(C)(C)C(=O)O)cs1. The minimum atomic E-state index is -0.934. The summed E-state index contributed by atoms with van der Waals surface area (Å²) < 4.78 is 0. The molecule has 0 radical (unpaired) electrons. The second-order valence-corrected chi connectivity index (χ2v) is 7.03. The Labute approximate surface area is 131 Å². The largest absolute Gasteiger partial charge is 0.481 e. The van der Waals surface area contributed by atoms with Crippen LogP contribution < -0.4 is 5.32 Å². The van der Waals surface area contributed by atoms with E-state index in [1.165, 1.54) is 11.3 Å². The summed E-state index contributed by atoms with van der Waals surface area (Å²) in [6.07, 6.45) is 2.22. The van der Waals surface area contributed by atoms with Crippen molar-refractivity contribution in [2.45, 2.75) is 52.0 Å². The third kappa shape index (κ3) is 5.28. The van der Waals surface area contributed by atoms with Crippen molar-refractivity contribution < 1.29 is 9.90 Å². The van der Waals surface area contributed by atoms with Crippen molar-refractivity contribution in [3.63, 3.8) is 0 Å². The van der Waals surface area contributed by atoms with Crippen molar-refractivity contribution in [1.29, 1.82) is 0 Å². The van der Waals surface area contributed by atoms with Gasteiger partial charge in [0.2, 0.25) is 0 Å². The maximum atomic E-state index is 11.2. The number of hydrogen-bond acceptors (Lipinski definition) is 5. The Morgan fingerprint density at radius 1 is 1.48 bits per heavy atom. The lowest BCUT2D eigenvalue weighted by Crippen LogP contribution is -2.28. The Balaban J connectivity index is 2.35. The van der Waals surface area contributed by atoms with E-state index >= 15 is 0 Å². The Kier molecular flexibility index (Phi) is 6.61. The van der Waals surface area contributed by atoms with Crippen LogP contribution in [0.25, 0.3) is 0 Å². The highest BCUT2D eigenvalue weighted by molar-refractivity contribution is 7.13. The molecule has 21 heavy (non-hydrogen) atoms. The third-order valence-electron chi connectivity index (χ3n) is 3.77. The van der Waals surface area contributed by atoms with E-state index < -0.39 is 11.4 Å². The number of unbranched alkanes of at least 4 members (excludes halogenated alkanes) is 1. The minimum absolute atomic E-state index is 0.581. The Bertz CT molecular complexity index is 458. The first-order valence-corrected chi connectivity index (χ1v) is 8.26. The highest BCUT2D eigenvalue weighted by Crippen LogP contribution is 2.27. The number of carboxylic acid groups (broad SMARTS) is 1. The number of carbonyl (C=O) groups is 1. The van der Waals surface area contributed by atoms with E-state index in [9.17, 15) is 9.90 Å². The molecule has 0 bridgehead atoms. The maximum absolute atomic E-state index is 11.2. The highest BCUT2D eigenvalue weighted by atomic mass is 32.1. The summed E-state index contributed by atoms with van der Waals surface area (Å²) in [5.74, 6) is -0.851. The molecule has 1 aromatic heterocycles. The molecular weight excluding hydrogens is 286 g/mol. The topological polar surface area (TPSA) is 65.5 Å². The van der Waals surface area contributed by atoms with Gasteiger partial charge in [0, 0.05) is 18.0 Å². The second kappa shape index (κ2) is 7.75. The second-order valence-electron chi connectivity index (χ2n) is 6.18. The molecule has 0 aliphatic heterocycles. The number of aromatic nitrogens is 1. The smallest absolute Gasteiger partial charge is 0.315 e. The van der Waals surface area contributed by atoms with E-state index in [0.717, 1.165) is 31.1 Å². The van der Waals surface area contributed by atoms with Crippen LogP contribution in [-0.2, 0) is 10.2 Å². The summed E-state index contributed by atoms with van der Waals surface area (Å²) in [6.45, 7) is 9.70. The van der Waals surface area contributed by atoms with Crippen LogP contribution in [0.3, 0.4) is 0 Å². The first kappa shape index (κ1) is 17.9. The van der Waals surface area contributed by atoms with Crippen molar-refractivity contribution in [2.75, 3.05) is 25.5 Å². The fraction of sp³-hybridized carbons (Fsp3) is 0.733. The molecule has 0 aromatic carbocycles. The third-order valence-corrected chi connectivity index (χ3v) is 4.57. The van der Waals surface area contributed by atoms with Crippen molar-refractivity contribution in [2.24, 2.45) is 0 Å². The Hall–Kier alpha value is -1.14. The number of rotatable bonds is 9. The highest BCUT2D eigenvalue weighted by Gasteiger charge is 2.32. The van der Waals surface area contributed by atoms with Crippen LogP contribution in [0.2, 0.25) is 0 Å². The first-order valence-electron chi connectivity index (χ1n) is 7.38. The molecule has 0 saturated heterocycles. The monoisotopic (exact) mass is 313 g/mol. The molecule has 6 heteroatoms. The van der Waals surface area contributed by atoms with Crippen molar-refractivity contribution >= 4 is 22.4 Å². The zero-order chi connectivity index (χ0) is 16.0. The van der Waals surface area contributed by atoms with Gasteiger partial charge in [-0.1, -0.05) is 0 Å². The van der Waals surface area contributed by atoms with E-state index in [1.807, 2.05) is 5.38 Å². The van der Waals surface area contributed by atoms with E-state index in [1.54, 1.807) is 13.8 Å². The molecule has 0 fully saturated rings. The molecule has 0 atom stereocenters. The molecule has 2 N–H and O–H groups in total. The molecule has 5 nitrogen and oxygen atoms in total.